The second-order valence-electron chi connectivity index (χ2n) is 4.12. The molecule has 0 saturated heterocycles. The molecule has 1 aromatic carbocycles. The van der Waals surface area contributed by atoms with Crippen LogP contribution in [0.5, 0.6) is 0 Å². The molecule has 5 heteroatoms. The van der Waals surface area contributed by atoms with Crippen LogP contribution in [0.1, 0.15) is 19.3 Å². The first-order chi connectivity index (χ1) is 8.64. The lowest BCUT2D eigenvalue weighted by molar-refractivity contribution is 0.590. The molecular weight excluding hydrogens is 270 g/mol. The monoisotopic (exact) mass is 288 g/mol. The molecule has 0 N–H and O–H groups in total. The van der Waals surface area contributed by atoms with Gasteiger partial charge in [0.05, 0.1) is 17.2 Å². The minimum atomic E-state index is -2.93. The summed E-state index contributed by atoms with van der Waals surface area (Å²) in [5.74, 6) is 0.514. The van der Waals surface area contributed by atoms with E-state index in [9.17, 15) is 8.42 Å². The summed E-state index contributed by atoms with van der Waals surface area (Å²) in [6.07, 6.45) is 2.51. The Labute approximate surface area is 114 Å². The van der Waals surface area contributed by atoms with Crippen molar-refractivity contribution >= 4 is 27.1 Å². The van der Waals surface area contributed by atoms with Crippen LogP contribution in [0.4, 0.5) is 5.69 Å². The molecule has 0 fully saturated rings. The van der Waals surface area contributed by atoms with Gasteiger partial charge < -0.3 is 0 Å². The fourth-order valence-corrected chi connectivity index (χ4v) is 3.36. The summed E-state index contributed by atoms with van der Waals surface area (Å²) in [7, 11) is -2.93. The van der Waals surface area contributed by atoms with Gasteiger partial charge in [-0.05, 0) is 25.0 Å². The van der Waals surface area contributed by atoms with E-state index < -0.39 is 9.84 Å². The molecule has 0 atom stereocenters. The summed E-state index contributed by atoms with van der Waals surface area (Å²) >= 11 is 5.42. The third kappa shape index (κ3) is 6.87. The number of halogens is 1. The number of para-hydroxylation sites is 1. The van der Waals surface area contributed by atoms with Crippen molar-refractivity contribution in [3.05, 3.63) is 30.3 Å². The molecule has 1 radical (unpaired) electrons. The fourth-order valence-electron chi connectivity index (χ4n) is 1.57. The summed E-state index contributed by atoms with van der Waals surface area (Å²) in [5.41, 5.74) is 0.979. The fraction of sp³-hybridized carbons (Fsp3) is 0.538. The van der Waals surface area contributed by atoms with Crippen LogP contribution in [-0.2, 0) is 9.84 Å². The topological polar surface area (TPSA) is 48.2 Å². The Hall–Kier alpha value is -0.740. The number of rotatable bonds is 9. The average molecular weight is 289 g/mol. The molecule has 0 bridgehead atoms. The highest BCUT2D eigenvalue weighted by atomic mass is 35.5. The van der Waals surface area contributed by atoms with Crippen molar-refractivity contribution < 1.29 is 8.42 Å². The average Bonchev–Trinajstić information content (AvgIpc) is 2.35. The van der Waals surface area contributed by atoms with Gasteiger partial charge in [-0.2, -0.15) is 0 Å². The van der Waals surface area contributed by atoms with Gasteiger partial charge in [0.15, 0.2) is 9.84 Å². The van der Waals surface area contributed by atoms with Crippen LogP contribution in [-0.4, -0.2) is 32.3 Å². The summed E-state index contributed by atoms with van der Waals surface area (Å²) in [5, 5.41) is 4.41. The number of hydrogen-bond acceptors (Lipinski definition) is 2. The molecule has 101 valence electrons. The summed E-state index contributed by atoms with van der Waals surface area (Å²) in [6.45, 7) is 0.750. The molecule has 0 aromatic heterocycles. The number of benzene rings is 1. The zero-order valence-electron chi connectivity index (χ0n) is 10.4. The minimum absolute atomic E-state index is 0.0863. The van der Waals surface area contributed by atoms with Gasteiger partial charge in [-0.25, -0.2) is 8.42 Å². The SMILES string of the molecule is O=S(=O)(CCCl)CCCCC[N]c1ccccc1. The Kier molecular flexibility index (Phi) is 7.13. The third-order valence-electron chi connectivity index (χ3n) is 2.55. The van der Waals surface area contributed by atoms with E-state index in [4.69, 9.17) is 11.6 Å². The van der Waals surface area contributed by atoms with Crippen LogP contribution in [0.2, 0.25) is 0 Å². The maximum Gasteiger partial charge on any atom is 0.151 e. The van der Waals surface area contributed by atoms with E-state index in [1.54, 1.807) is 0 Å². The summed E-state index contributed by atoms with van der Waals surface area (Å²) < 4.78 is 22.8. The van der Waals surface area contributed by atoms with Gasteiger partial charge in [0, 0.05) is 12.4 Å². The maximum atomic E-state index is 11.4. The van der Waals surface area contributed by atoms with E-state index in [-0.39, 0.29) is 17.4 Å². The van der Waals surface area contributed by atoms with Crippen LogP contribution in [0.3, 0.4) is 0 Å². The molecule has 1 aromatic rings. The summed E-state index contributed by atoms with van der Waals surface area (Å²) in [4.78, 5) is 0. The highest BCUT2D eigenvalue weighted by Crippen LogP contribution is 2.06. The van der Waals surface area contributed by atoms with Crippen molar-refractivity contribution in [2.75, 3.05) is 23.9 Å². The largest absolute Gasteiger partial charge is 0.285 e. The number of sulfone groups is 1. The Morgan fingerprint density at radius 3 is 2.39 bits per heavy atom. The lowest BCUT2D eigenvalue weighted by atomic mass is 10.2. The predicted octanol–water partition coefficient (Wildman–Crippen LogP) is 2.75. The first kappa shape index (κ1) is 15.3. The van der Waals surface area contributed by atoms with Crippen LogP contribution in [0.15, 0.2) is 30.3 Å². The van der Waals surface area contributed by atoms with E-state index in [1.807, 2.05) is 30.3 Å². The molecule has 0 heterocycles. The molecule has 0 spiro atoms. The predicted molar refractivity (Wildman–Crippen MR) is 76.3 cm³/mol. The Bertz CT molecular complexity index is 420. The first-order valence-corrected chi connectivity index (χ1v) is 8.48. The Balaban J connectivity index is 2.06. The highest BCUT2D eigenvalue weighted by Gasteiger charge is 2.08. The van der Waals surface area contributed by atoms with Gasteiger partial charge >= 0.3 is 0 Å². The molecule has 0 unspecified atom stereocenters. The van der Waals surface area contributed by atoms with E-state index in [2.05, 4.69) is 5.32 Å². The number of nitrogens with zero attached hydrogens (tertiary/aromatic N) is 1. The number of alkyl halides is 1. The lowest BCUT2D eigenvalue weighted by Gasteiger charge is -2.04. The molecule has 0 aliphatic rings. The van der Waals surface area contributed by atoms with Crippen LogP contribution < -0.4 is 5.32 Å². The van der Waals surface area contributed by atoms with Crippen molar-refractivity contribution in [1.82, 2.24) is 5.32 Å². The normalized spacial score (nSPS) is 11.4. The zero-order valence-corrected chi connectivity index (χ0v) is 12.0. The molecule has 0 aliphatic carbocycles. The molecule has 0 amide bonds. The highest BCUT2D eigenvalue weighted by molar-refractivity contribution is 7.91. The zero-order chi connectivity index (χ0) is 13.3. The second-order valence-corrected chi connectivity index (χ2v) is 6.80. The van der Waals surface area contributed by atoms with Gasteiger partial charge in [-0.15, -0.1) is 11.6 Å². The van der Waals surface area contributed by atoms with Crippen LogP contribution in [0, 0.1) is 0 Å². The van der Waals surface area contributed by atoms with E-state index in [1.165, 1.54) is 0 Å². The number of unbranched alkanes of at least 4 members (excludes halogenated alkanes) is 2. The molecule has 3 nitrogen and oxygen atoms in total. The van der Waals surface area contributed by atoms with Gasteiger partial charge in [-0.3, -0.25) is 5.32 Å². The van der Waals surface area contributed by atoms with Crippen molar-refractivity contribution in [3.63, 3.8) is 0 Å². The van der Waals surface area contributed by atoms with Crippen LogP contribution in [0.25, 0.3) is 0 Å². The third-order valence-corrected chi connectivity index (χ3v) is 4.70. The van der Waals surface area contributed by atoms with Crippen molar-refractivity contribution in [2.45, 2.75) is 19.3 Å². The van der Waals surface area contributed by atoms with E-state index in [0.717, 1.165) is 25.1 Å². The maximum absolute atomic E-state index is 11.4. The van der Waals surface area contributed by atoms with Crippen molar-refractivity contribution in [3.8, 4) is 0 Å². The number of hydrogen-bond donors (Lipinski definition) is 0. The molecular formula is C13H19ClNO2S. The first-order valence-electron chi connectivity index (χ1n) is 6.13. The minimum Gasteiger partial charge on any atom is -0.285 e. The van der Waals surface area contributed by atoms with Gasteiger partial charge in [0.1, 0.15) is 0 Å². The molecule has 0 aliphatic heterocycles. The van der Waals surface area contributed by atoms with Gasteiger partial charge in [-0.1, -0.05) is 24.6 Å². The van der Waals surface area contributed by atoms with E-state index >= 15 is 0 Å². The summed E-state index contributed by atoms with van der Waals surface area (Å²) in [6, 6.07) is 9.80. The lowest BCUT2D eigenvalue weighted by Crippen LogP contribution is -2.12. The molecule has 0 saturated carbocycles. The van der Waals surface area contributed by atoms with Crippen molar-refractivity contribution in [1.29, 1.82) is 0 Å². The van der Waals surface area contributed by atoms with Crippen molar-refractivity contribution in [2.24, 2.45) is 0 Å². The molecule has 18 heavy (non-hydrogen) atoms. The second kappa shape index (κ2) is 8.38. The Morgan fingerprint density at radius 2 is 1.72 bits per heavy atom. The smallest absolute Gasteiger partial charge is 0.151 e. The van der Waals surface area contributed by atoms with E-state index in [0.29, 0.717) is 6.42 Å². The van der Waals surface area contributed by atoms with Crippen LogP contribution >= 0.6 is 11.6 Å². The Morgan fingerprint density at radius 1 is 1.00 bits per heavy atom. The quantitative estimate of drug-likeness (QED) is 0.518. The van der Waals surface area contributed by atoms with Gasteiger partial charge in [0.25, 0.3) is 0 Å². The molecule has 1 rings (SSSR count). The standard InChI is InChI=1S/C13H19ClNO2S/c14-9-12-18(16,17)11-6-2-5-10-15-13-7-3-1-4-8-13/h1,3-4,7-8H,2,5-6,9-12H2. The van der Waals surface area contributed by atoms with Gasteiger partial charge in [0.2, 0.25) is 0 Å².